The second kappa shape index (κ2) is 7.38. The Morgan fingerprint density at radius 3 is 2.48 bits per heavy atom. The molecule has 0 aliphatic carbocycles. The Labute approximate surface area is 147 Å². The van der Waals surface area contributed by atoms with Crippen molar-refractivity contribution in [2.24, 2.45) is 0 Å². The standard InChI is InChI=1S/C20H22N2O3/c1-3-25-17-10-6-15(7-11-17)19(23)21-18-12-13-22(20(18)24)16-8-4-14(2)5-9-16/h4-11,18H,3,12-13H2,1-2H3,(H,21,23)/t18-/m0/s1. The van der Waals surface area contributed by atoms with Crippen LogP contribution in [-0.2, 0) is 4.79 Å². The molecule has 5 nitrogen and oxygen atoms in total. The molecule has 1 N–H and O–H groups in total. The lowest BCUT2D eigenvalue weighted by Crippen LogP contribution is -2.41. The zero-order chi connectivity index (χ0) is 17.8. The number of carbonyl (C=O) groups is 2. The van der Waals surface area contributed by atoms with E-state index in [1.54, 1.807) is 29.2 Å². The molecular weight excluding hydrogens is 316 g/mol. The van der Waals surface area contributed by atoms with Gasteiger partial charge in [0.05, 0.1) is 6.61 Å². The smallest absolute Gasteiger partial charge is 0.251 e. The Bertz CT molecular complexity index is 754. The summed E-state index contributed by atoms with van der Waals surface area (Å²) in [6.07, 6.45) is 0.607. The van der Waals surface area contributed by atoms with E-state index in [0.717, 1.165) is 17.0 Å². The molecule has 1 aliphatic rings. The van der Waals surface area contributed by atoms with E-state index in [9.17, 15) is 9.59 Å². The molecule has 2 aromatic rings. The molecule has 1 heterocycles. The van der Waals surface area contributed by atoms with Crippen LogP contribution in [0.5, 0.6) is 5.75 Å². The highest BCUT2D eigenvalue weighted by Crippen LogP contribution is 2.22. The molecule has 0 radical (unpaired) electrons. The maximum Gasteiger partial charge on any atom is 0.251 e. The SMILES string of the molecule is CCOc1ccc(C(=O)N[C@H]2CCN(c3ccc(C)cc3)C2=O)cc1. The summed E-state index contributed by atoms with van der Waals surface area (Å²) in [5, 5.41) is 2.84. The lowest BCUT2D eigenvalue weighted by Gasteiger charge is -2.17. The lowest BCUT2D eigenvalue weighted by molar-refractivity contribution is -0.118. The van der Waals surface area contributed by atoms with E-state index in [4.69, 9.17) is 4.74 Å². The average molecular weight is 338 g/mol. The monoisotopic (exact) mass is 338 g/mol. The lowest BCUT2D eigenvalue weighted by atomic mass is 10.1. The molecule has 5 heteroatoms. The molecule has 1 aliphatic heterocycles. The maximum atomic E-state index is 12.6. The number of rotatable bonds is 5. The summed E-state index contributed by atoms with van der Waals surface area (Å²) >= 11 is 0. The first-order chi connectivity index (χ1) is 12.1. The molecule has 1 fully saturated rings. The number of hydrogen-bond acceptors (Lipinski definition) is 3. The number of aryl methyl sites for hydroxylation is 1. The summed E-state index contributed by atoms with van der Waals surface area (Å²) in [6, 6.07) is 14.3. The molecule has 130 valence electrons. The molecular formula is C20H22N2O3. The molecule has 0 aromatic heterocycles. The Morgan fingerprint density at radius 2 is 1.84 bits per heavy atom. The minimum absolute atomic E-state index is 0.0665. The van der Waals surface area contributed by atoms with Crippen LogP contribution in [0.15, 0.2) is 48.5 Å². The highest BCUT2D eigenvalue weighted by molar-refractivity contribution is 6.03. The number of carbonyl (C=O) groups excluding carboxylic acids is 2. The first-order valence-corrected chi connectivity index (χ1v) is 8.50. The van der Waals surface area contributed by atoms with Crippen LogP contribution in [0, 0.1) is 6.92 Å². The van der Waals surface area contributed by atoms with Gasteiger partial charge in [0.25, 0.3) is 5.91 Å². The number of hydrogen-bond donors (Lipinski definition) is 1. The van der Waals surface area contributed by atoms with Gasteiger partial charge < -0.3 is 15.0 Å². The van der Waals surface area contributed by atoms with Crippen molar-refractivity contribution in [3.63, 3.8) is 0 Å². The summed E-state index contributed by atoms with van der Waals surface area (Å²) in [5.41, 5.74) is 2.54. The molecule has 0 unspecified atom stereocenters. The summed E-state index contributed by atoms with van der Waals surface area (Å²) in [4.78, 5) is 26.7. The first-order valence-electron chi connectivity index (χ1n) is 8.50. The van der Waals surface area contributed by atoms with Gasteiger partial charge in [-0.05, 0) is 56.7 Å². The minimum Gasteiger partial charge on any atom is -0.494 e. The van der Waals surface area contributed by atoms with Crippen LogP contribution < -0.4 is 15.0 Å². The number of ether oxygens (including phenoxy) is 1. The summed E-state index contributed by atoms with van der Waals surface area (Å²) in [6.45, 7) is 5.11. The second-order valence-electron chi connectivity index (χ2n) is 6.10. The van der Waals surface area contributed by atoms with Crippen LogP contribution >= 0.6 is 0 Å². The number of nitrogens with one attached hydrogen (secondary N) is 1. The predicted molar refractivity (Wildman–Crippen MR) is 97.0 cm³/mol. The van der Waals surface area contributed by atoms with Gasteiger partial charge in [-0.15, -0.1) is 0 Å². The van der Waals surface area contributed by atoms with Crippen LogP contribution in [0.2, 0.25) is 0 Å². The predicted octanol–water partition coefficient (Wildman–Crippen LogP) is 2.93. The molecule has 1 atom stereocenters. The van der Waals surface area contributed by atoms with Crippen molar-refractivity contribution in [3.8, 4) is 5.75 Å². The third-order valence-corrected chi connectivity index (χ3v) is 4.28. The Balaban J connectivity index is 1.64. The molecule has 2 aromatic carbocycles. The van der Waals surface area contributed by atoms with E-state index in [2.05, 4.69) is 5.32 Å². The molecule has 0 spiro atoms. The van der Waals surface area contributed by atoms with Gasteiger partial charge in [-0.25, -0.2) is 0 Å². The fourth-order valence-electron chi connectivity index (χ4n) is 2.91. The molecule has 0 saturated carbocycles. The van der Waals surface area contributed by atoms with Gasteiger partial charge in [-0.2, -0.15) is 0 Å². The van der Waals surface area contributed by atoms with E-state index < -0.39 is 6.04 Å². The second-order valence-corrected chi connectivity index (χ2v) is 6.10. The largest absolute Gasteiger partial charge is 0.494 e. The van der Waals surface area contributed by atoms with Gasteiger partial charge in [0.15, 0.2) is 0 Å². The van der Waals surface area contributed by atoms with Crippen LogP contribution in [-0.4, -0.2) is 31.0 Å². The molecule has 2 amide bonds. The van der Waals surface area contributed by atoms with Crippen molar-refractivity contribution in [1.29, 1.82) is 0 Å². The van der Waals surface area contributed by atoms with Crippen molar-refractivity contribution < 1.29 is 14.3 Å². The third-order valence-electron chi connectivity index (χ3n) is 4.28. The van der Waals surface area contributed by atoms with Crippen molar-refractivity contribution >= 4 is 17.5 Å². The number of amides is 2. The van der Waals surface area contributed by atoms with Crippen molar-refractivity contribution in [2.75, 3.05) is 18.1 Å². The average Bonchev–Trinajstić information content (AvgIpc) is 2.97. The van der Waals surface area contributed by atoms with Gasteiger partial charge in [-0.3, -0.25) is 9.59 Å². The first kappa shape index (κ1) is 17.0. The summed E-state index contributed by atoms with van der Waals surface area (Å²) in [5.74, 6) is 0.414. The van der Waals surface area contributed by atoms with Crippen LogP contribution in [0.1, 0.15) is 29.3 Å². The van der Waals surface area contributed by atoms with Crippen LogP contribution in [0.3, 0.4) is 0 Å². The van der Waals surface area contributed by atoms with Crippen molar-refractivity contribution in [3.05, 3.63) is 59.7 Å². The zero-order valence-electron chi connectivity index (χ0n) is 14.5. The highest BCUT2D eigenvalue weighted by Gasteiger charge is 2.33. The number of anilines is 1. The Kier molecular flexibility index (Phi) is 5.03. The topological polar surface area (TPSA) is 58.6 Å². The van der Waals surface area contributed by atoms with Gasteiger partial charge >= 0.3 is 0 Å². The Morgan fingerprint density at radius 1 is 1.16 bits per heavy atom. The van der Waals surface area contributed by atoms with Crippen molar-refractivity contribution in [2.45, 2.75) is 26.3 Å². The molecule has 3 rings (SSSR count). The fourth-order valence-corrected chi connectivity index (χ4v) is 2.91. The van der Waals surface area contributed by atoms with Gasteiger partial charge in [0, 0.05) is 17.8 Å². The van der Waals surface area contributed by atoms with E-state index in [-0.39, 0.29) is 11.8 Å². The van der Waals surface area contributed by atoms with Gasteiger partial charge in [0.2, 0.25) is 5.91 Å². The van der Waals surface area contributed by atoms with Crippen LogP contribution in [0.25, 0.3) is 0 Å². The normalized spacial score (nSPS) is 16.8. The van der Waals surface area contributed by atoms with E-state index >= 15 is 0 Å². The minimum atomic E-state index is -0.486. The number of nitrogens with zero attached hydrogens (tertiary/aromatic N) is 1. The molecule has 25 heavy (non-hydrogen) atoms. The maximum absolute atomic E-state index is 12.6. The molecule has 1 saturated heterocycles. The van der Waals surface area contributed by atoms with Gasteiger partial charge in [0.1, 0.15) is 11.8 Å². The van der Waals surface area contributed by atoms with E-state index in [1.165, 1.54) is 0 Å². The molecule has 0 bridgehead atoms. The Hall–Kier alpha value is -2.82. The zero-order valence-corrected chi connectivity index (χ0v) is 14.5. The highest BCUT2D eigenvalue weighted by atomic mass is 16.5. The van der Waals surface area contributed by atoms with Crippen molar-refractivity contribution in [1.82, 2.24) is 5.32 Å². The quantitative estimate of drug-likeness (QED) is 0.912. The third kappa shape index (κ3) is 3.82. The van der Waals surface area contributed by atoms with Gasteiger partial charge in [-0.1, -0.05) is 17.7 Å². The van der Waals surface area contributed by atoms with E-state index in [0.29, 0.717) is 25.1 Å². The fraction of sp³-hybridized carbons (Fsp3) is 0.300. The van der Waals surface area contributed by atoms with Crippen LogP contribution in [0.4, 0.5) is 5.69 Å². The van der Waals surface area contributed by atoms with E-state index in [1.807, 2.05) is 38.1 Å². The summed E-state index contributed by atoms with van der Waals surface area (Å²) < 4.78 is 5.37. The number of benzene rings is 2. The summed E-state index contributed by atoms with van der Waals surface area (Å²) in [7, 11) is 0.